The Morgan fingerprint density at radius 2 is 2.03 bits per heavy atom. The molecule has 4 rings (SSSR count). The van der Waals surface area contributed by atoms with Crippen LogP contribution in [-0.2, 0) is 16.0 Å². The summed E-state index contributed by atoms with van der Waals surface area (Å²) in [6.07, 6.45) is 2.76. The van der Waals surface area contributed by atoms with Crippen LogP contribution in [0.2, 0.25) is 0 Å². The molecule has 0 saturated heterocycles. The molecule has 1 N–H and O–H groups in total. The van der Waals surface area contributed by atoms with E-state index in [-0.39, 0.29) is 29.7 Å². The molecule has 0 aromatic heterocycles. The van der Waals surface area contributed by atoms with Crippen molar-refractivity contribution >= 4 is 11.8 Å². The minimum Gasteiger partial charge on any atom is -0.481 e. The third-order valence-corrected chi connectivity index (χ3v) is 5.78. The van der Waals surface area contributed by atoms with Gasteiger partial charge in [0.2, 0.25) is 5.91 Å². The molecule has 2 atom stereocenters. The van der Waals surface area contributed by atoms with Gasteiger partial charge in [0.1, 0.15) is 11.6 Å². The van der Waals surface area contributed by atoms with Gasteiger partial charge in [-0.2, -0.15) is 0 Å². The lowest BCUT2D eigenvalue weighted by atomic mass is 9.88. The van der Waals surface area contributed by atoms with E-state index in [1.165, 1.54) is 19.1 Å². The Bertz CT molecular complexity index is 957. The monoisotopic (exact) mass is 410 g/mol. The third-order valence-electron chi connectivity index (χ3n) is 5.78. The Labute approximate surface area is 176 Å². The zero-order valence-corrected chi connectivity index (χ0v) is 17.4. The van der Waals surface area contributed by atoms with Gasteiger partial charge in [-0.15, -0.1) is 0 Å². The molecule has 0 spiro atoms. The smallest absolute Gasteiger partial charge is 0.261 e. The molecule has 0 bridgehead atoms. The van der Waals surface area contributed by atoms with Gasteiger partial charge in [0.05, 0.1) is 6.04 Å². The maximum absolute atomic E-state index is 13.9. The molecule has 0 radical (unpaired) electrons. The maximum Gasteiger partial charge on any atom is 0.261 e. The zero-order chi connectivity index (χ0) is 21.3. The largest absolute Gasteiger partial charge is 0.481 e. The Morgan fingerprint density at radius 3 is 2.70 bits per heavy atom. The van der Waals surface area contributed by atoms with Crippen molar-refractivity contribution in [2.24, 2.45) is 0 Å². The van der Waals surface area contributed by atoms with E-state index in [2.05, 4.69) is 5.32 Å². The molecule has 6 heteroatoms. The molecule has 2 aromatic rings. The van der Waals surface area contributed by atoms with Crippen molar-refractivity contribution in [3.05, 3.63) is 65.0 Å². The number of nitrogens with zero attached hydrogens (tertiary/aromatic N) is 1. The fourth-order valence-corrected chi connectivity index (χ4v) is 4.05. The molecule has 2 unspecified atom stereocenters. The lowest BCUT2D eigenvalue weighted by Crippen LogP contribution is -2.40. The molecular formula is C24H27FN2O3. The van der Waals surface area contributed by atoms with Crippen LogP contribution in [0.4, 0.5) is 4.39 Å². The van der Waals surface area contributed by atoms with Crippen molar-refractivity contribution in [2.75, 3.05) is 6.54 Å². The van der Waals surface area contributed by atoms with Crippen LogP contribution >= 0.6 is 0 Å². The summed E-state index contributed by atoms with van der Waals surface area (Å²) < 4.78 is 20.0. The van der Waals surface area contributed by atoms with E-state index < -0.39 is 6.10 Å². The first-order valence-corrected chi connectivity index (χ1v) is 10.6. The van der Waals surface area contributed by atoms with Crippen LogP contribution in [0, 0.1) is 5.82 Å². The maximum atomic E-state index is 13.9. The van der Waals surface area contributed by atoms with Crippen molar-refractivity contribution in [2.45, 2.75) is 57.7 Å². The Balaban J connectivity index is 1.66. The fraction of sp³-hybridized carbons (Fsp3) is 0.417. The zero-order valence-electron chi connectivity index (χ0n) is 17.4. The van der Waals surface area contributed by atoms with Crippen molar-refractivity contribution in [3.63, 3.8) is 0 Å². The predicted octanol–water partition coefficient (Wildman–Crippen LogP) is 3.76. The molecule has 158 valence electrons. The van der Waals surface area contributed by atoms with Gasteiger partial charge in [0, 0.05) is 19.5 Å². The minimum absolute atomic E-state index is 0.0588. The molecular weight excluding hydrogens is 383 g/mol. The standard InChI is InChI=1S/C24H27FN2O3/c1-3-22(24(29)26-19-8-9-19)30-20-10-7-16-11-12-27(15(2)28)23(21(16)14-20)17-5-4-6-18(25)13-17/h4-7,10,13-14,19,22-23H,3,8-9,11-12H2,1-2H3,(H,26,29). The number of nitrogens with one attached hydrogen (secondary N) is 1. The molecule has 2 aromatic carbocycles. The van der Waals surface area contributed by atoms with Gasteiger partial charge in [0.25, 0.3) is 5.91 Å². The van der Waals surface area contributed by atoms with Crippen LogP contribution in [0.3, 0.4) is 0 Å². The first kappa shape index (κ1) is 20.4. The number of ether oxygens (including phenoxy) is 1. The van der Waals surface area contributed by atoms with E-state index >= 15 is 0 Å². The van der Waals surface area contributed by atoms with E-state index in [0.717, 1.165) is 36.0 Å². The SMILES string of the molecule is CCC(Oc1ccc2c(c1)C(c1cccc(F)c1)N(C(C)=O)CC2)C(=O)NC1CC1. The first-order chi connectivity index (χ1) is 14.5. The summed E-state index contributed by atoms with van der Waals surface area (Å²) in [6, 6.07) is 12.0. The van der Waals surface area contributed by atoms with E-state index in [9.17, 15) is 14.0 Å². The number of benzene rings is 2. The van der Waals surface area contributed by atoms with Crippen LogP contribution in [0.5, 0.6) is 5.75 Å². The quantitative estimate of drug-likeness (QED) is 0.789. The van der Waals surface area contributed by atoms with Crippen molar-refractivity contribution in [3.8, 4) is 5.75 Å². The predicted molar refractivity (Wildman–Crippen MR) is 112 cm³/mol. The van der Waals surface area contributed by atoms with Crippen LogP contribution in [0.1, 0.15) is 55.8 Å². The summed E-state index contributed by atoms with van der Waals surface area (Å²) in [5.41, 5.74) is 2.74. The average Bonchev–Trinajstić information content (AvgIpc) is 3.54. The molecule has 1 aliphatic heterocycles. The molecule has 5 nitrogen and oxygen atoms in total. The van der Waals surface area contributed by atoms with E-state index in [1.54, 1.807) is 11.0 Å². The summed E-state index contributed by atoms with van der Waals surface area (Å²) in [7, 11) is 0. The van der Waals surface area contributed by atoms with Crippen LogP contribution < -0.4 is 10.1 Å². The number of carbonyl (C=O) groups is 2. The highest BCUT2D eigenvalue weighted by Gasteiger charge is 2.32. The number of halogens is 1. The second kappa shape index (κ2) is 8.46. The summed E-state index contributed by atoms with van der Waals surface area (Å²) >= 11 is 0. The van der Waals surface area contributed by atoms with Gasteiger partial charge in [-0.3, -0.25) is 9.59 Å². The highest BCUT2D eigenvalue weighted by atomic mass is 19.1. The van der Waals surface area contributed by atoms with E-state index in [0.29, 0.717) is 18.7 Å². The third kappa shape index (κ3) is 4.32. The van der Waals surface area contributed by atoms with Crippen molar-refractivity contribution in [1.29, 1.82) is 0 Å². The van der Waals surface area contributed by atoms with Crippen molar-refractivity contribution in [1.82, 2.24) is 10.2 Å². The van der Waals surface area contributed by atoms with Gasteiger partial charge >= 0.3 is 0 Å². The highest BCUT2D eigenvalue weighted by molar-refractivity contribution is 5.81. The highest BCUT2D eigenvalue weighted by Crippen LogP contribution is 2.37. The number of hydrogen-bond donors (Lipinski definition) is 1. The Kier molecular flexibility index (Phi) is 5.75. The molecule has 2 aliphatic rings. The molecule has 1 fully saturated rings. The Hall–Kier alpha value is -2.89. The van der Waals surface area contributed by atoms with Gasteiger partial charge in [-0.05, 0) is 66.6 Å². The summed E-state index contributed by atoms with van der Waals surface area (Å²) in [6.45, 7) is 4.03. The number of rotatable bonds is 6. The first-order valence-electron chi connectivity index (χ1n) is 10.6. The summed E-state index contributed by atoms with van der Waals surface area (Å²) in [5, 5.41) is 2.99. The number of fused-ring (bicyclic) bond motifs is 1. The van der Waals surface area contributed by atoms with Crippen LogP contribution in [-0.4, -0.2) is 35.4 Å². The van der Waals surface area contributed by atoms with E-state index in [1.807, 2.05) is 31.2 Å². The normalized spacial score (nSPS) is 19.0. The van der Waals surface area contributed by atoms with Gasteiger partial charge in [-0.1, -0.05) is 25.1 Å². The molecule has 2 amide bonds. The Morgan fingerprint density at radius 1 is 1.23 bits per heavy atom. The number of hydrogen-bond acceptors (Lipinski definition) is 3. The molecule has 1 saturated carbocycles. The van der Waals surface area contributed by atoms with Gasteiger partial charge in [-0.25, -0.2) is 4.39 Å². The second-order valence-corrected chi connectivity index (χ2v) is 8.08. The number of amides is 2. The lowest BCUT2D eigenvalue weighted by molar-refractivity contribution is -0.131. The van der Waals surface area contributed by atoms with Gasteiger partial charge < -0.3 is 15.0 Å². The fourth-order valence-electron chi connectivity index (χ4n) is 4.05. The second-order valence-electron chi connectivity index (χ2n) is 8.08. The van der Waals surface area contributed by atoms with Crippen molar-refractivity contribution < 1.29 is 18.7 Å². The summed E-state index contributed by atoms with van der Waals surface area (Å²) in [4.78, 5) is 26.5. The minimum atomic E-state index is -0.566. The average molecular weight is 410 g/mol. The van der Waals surface area contributed by atoms with Gasteiger partial charge in [0.15, 0.2) is 6.10 Å². The molecule has 1 heterocycles. The van der Waals surface area contributed by atoms with Crippen LogP contribution in [0.15, 0.2) is 42.5 Å². The number of carbonyl (C=O) groups excluding carboxylic acids is 2. The lowest BCUT2D eigenvalue weighted by Gasteiger charge is -2.37. The molecule has 30 heavy (non-hydrogen) atoms. The van der Waals surface area contributed by atoms with E-state index in [4.69, 9.17) is 4.74 Å². The summed E-state index contributed by atoms with van der Waals surface area (Å²) in [5.74, 6) is 0.0953. The topological polar surface area (TPSA) is 58.6 Å². The van der Waals surface area contributed by atoms with Crippen LogP contribution in [0.25, 0.3) is 0 Å². The molecule has 1 aliphatic carbocycles.